The maximum absolute atomic E-state index is 12.6. The van der Waals surface area contributed by atoms with Crippen molar-refractivity contribution < 1.29 is 27.5 Å². The highest BCUT2D eigenvalue weighted by atomic mass is 32.1. The maximum Gasteiger partial charge on any atom is 0.416 e. The number of esters is 1. The second-order valence-electron chi connectivity index (χ2n) is 5.86. The van der Waals surface area contributed by atoms with Gasteiger partial charge in [-0.3, -0.25) is 4.79 Å². The molecule has 0 fully saturated rings. The lowest BCUT2D eigenvalue weighted by Gasteiger charge is -2.09. The molecule has 0 aliphatic carbocycles. The standard InChI is InChI=1S/C19H15F3N2O3S/c1-11(2)27-18(26)15-7-8-28-17(15)24-16(25)13(10-23)9-12-3-5-14(6-4-12)19(20,21)22/h3-9,11H,1-2H3,(H,24,25)/b13-9+. The molecule has 1 heterocycles. The summed E-state index contributed by atoms with van der Waals surface area (Å²) >= 11 is 1.08. The van der Waals surface area contributed by atoms with Crippen LogP contribution in [0.3, 0.4) is 0 Å². The van der Waals surface area contributed by atoms with Crippen molar-refractivity contribution in [3.05, 3.63) is 58.0 Å². The number of thiophene rings is 1. The maximum atomic E-state index is 12.6. The topological polar surface area (TPSA) is 79.2 Å². The average Bonchev–Trinajstić information content (AvgIpc) is 3.06. The SMILES string of the molecule is CC(C)OC(=O)c1ccsc1NC(=O)/C(C#N)=C/c1ccc(C(F)(F)F)cc1. The fraction of sp³-hybridized carbons (Fsp3) is 0.211. The van der Waals surface area contributed by atoms with E-state index in [2.05, 4.69) is 5.32 Å². The summed E-state index contributed by atoms with van der Waals surface area (Å²) in [6, 6.07) is 7.22. The largest absolute Gasteiger partial charge is 0.459 e. The van der Waals surface area contributed by atoms with Crippen molar-refractivity contribution in [1.29, 1.82) is 5.26 Å². The smallest absolute Gasteiger partial charge is 0.416 e. The van der Waals surface area contributed by atoms with E-state index in [0.717, 1.165) is 41.7 Å². The minimum Gasteiger partial charge on any atom is -0.459 e. The Labute approximate surface area is 163 Å². The molecule has 0 aliphatic heterocycles. The van der Waals surface area contributed by atoms with E-state index in [4.69, 9.17) is 4.74 Å². The van der Waals surface area contributed by atoms with Gasteiger partial charge in [0.2, 0.25) is 0 Å². The van der Waals surface area contributed by atoms with Crippen molar-refractivity contribution in [2.45, 2.75) is 26.1 Å². The minimum atomic E-state index is -4.47. The Hall–Kier alpha value is -3.12. The summed E-state index contributed by atoms with van der Waals surface area (Å²) in [5, 5.41) is 13.5. The first-order valence-electron chi connectivity index (χ1n) is 8.00. The van der Waals surface area contributed by atoms with Gasteiger partial charge in [0.05, 0.1) is 17.2 Å². The van der Waals surface area contributed by atoms with E-state index in [1.54, 1.807) is 25.3 Å². The lowest BCUT2D eigenvalue weighted by atomic mass is 10.1. The summed E-state index contributed by atoms with van der Waals surface area (Å²) < 4.78 is 42.9. The van der Waals surface area contributed by atoms with Crippen molar-refractivity contribution >= 4 is 34.3 Å². The van der Waals surface area contributed by atoms with Gasteiger partial charge in [-0.2, -0.15) is 18.4 Å². The summed E-state index contributed by atoms with van der Waals surface area (Å²) in [6.07, 6.45) is -3.65. The Balaban J connectivity index is 2.19. The lowest BCUT2D eigenvalue weighted by Crippen LogP contribution is -2.17. The van der Waals surface area contributed by atoms with E-state index < -0.39 is 23.6 Å². The van der Waals surface area contributed by atoms with Gasteiger partial charge in [0.15, 0.2) is 0 Å². The third-order valence-electron chi connectivity index (χ3n) is 3.37. The molecule has 0 bridgehead atoms. The first kappa shape index (κ1) is 21.2. The summed E-state index contributed by atoms with van der Waals surface area (Å²) in [5.74, 6) is -1.40. The number of benzene rings is 1. The second-order valence-corrected chi connectivity index (χ2v) is 6.78. The molecule has 0 saturated heterocycles. The molecule has 0 atom stereocenters. The minimum absolute atomic E-state index is 0.152. The molecule has 28 heavy (non-hydrogen) atoms. The van der Waals surface area contributed by atoms with Crippen LogP contribution in [-0.4, -0.2) is 18.0 Å². The zero-order chi connectivity index (χ0) is 20.9. The highest BCUT2D eigenvalue weighted by molar-refractivity contribution is 7.14. The lowest BCUT2D eigenvalue weighted by molar-refractivity contribution is -0.137. The molecule has 0 unspecified atom stereocenters. The monoisotopic (exact) mass is 408 g/mol. The molecule has 146 valence electrons. The number of halogens is 3. The van der Waals surface area contributed by atoms with Crippen LogP contribution in [0, 0.1) is 11.3 Å². The quantitative estimate of drug-likeness (QED) is 0.435. The molecule has 0 aliphatic rings. The fourth-order valence-corrected chi connectivity index (χ4v) is 2.87. The highest BCUT2D eigenvalue weighted by Gasteiger charge is 2.29. The number of anilines is 1. The number of alkyl halides is 3. The molecular formula is C19H15F3N2O3S. The van der Waals surface area contributed by atoms with Gasteiger partial charge < -0.3 is 10.1 Å². The van der Waals surface area contributed by atoms with Crippen LogP contribution in [0.1, 0.15) is 35.3 Å². The Kier molecular flexibility index (Phi) is 6.59. The Morgan fingerprint density at radius 1 is 1.21 bits per heavy atom. The normalized spacial score (nSPS) is 11.8. The average molecular weight is 408 g/mol. The molecule has 2 aromatic rings. The molecule has 1 aromatic carbocycles. The van der Waals surface area contributed by atoms with Gasteiger partial charge in [-0.25, -0.2) is 4.79 Å². The van der Waals surface area contributed by atoms with Gasteiger partial charge >= 0.3 is 12.1 Å². The third-order valence-corrected chi connectivity index (χ3v) is 4.20. The number of carbonyl (C=O) groups excluding carboxylic acids is 2. The Bertz CT molecular complexity index is 939. The van der Waals surface area contributed by atoms with Crippen LogP contribution in [0.15, 0.2) is 41.3 Å². The number of nitrogens with zero attached hydrogens (tertiary/aromatic N) is 1. The van der Waals surface area contributed by atoms with Crippen molar-refractivity contribution in [2.24, 2.45) is 0 Å². The predicted molar refractivity (Wildman–Crippen MR) is 98.5 cm³/mol. The van der Waals surface area contributed by atoms with Crippen LogP contribution in [0.25, 0.3) is 6.08 Å². The number of amides is 1. The number of nitriles is 1. The molecule has 5 nitrogen and oxygen atoms in total. The summed E-state index contributed by atoms with van der Waals surface area (Å²) in [7, 11) is 0. The van der Waals surface area contributed by atoms with Crippen LogP contribution in [0.4, 0.5) is 18.2 Å². The molecule has 1 aromatic heterocycles. The van der Waals surface area contributed by atoms with Crippen molar-refractivity contribution in [3.63, 3.8) is 0 Å². The van der Waals surface area contributed by atoms with E-state index in [-0.39, 0.29) is 27.8 Å². The van der Waals surface area contributed by atoms with Gasteiger partial charge in [-0.15, -0.1) is 11.3 Å². The first-order chi connectivity index (χ1) is 13.1. The van der Waals surface area contributed by atoms with E-state index >= 15 is 0 Å². The molecule has 2 rings (SSSR count). The first-order valence-corrected chi connectivity index (χ1v) is 8.88. The van der Waals surface area contributed by atoms with Gasteiger partial charge in [0.1, 0.15) is 16.6 Å². The molecule has 0 saturated carbocycles. The van der Waals surface area contributed by atoms with E-state index in [1.165, 1.54) is 6.07 Å². The van der Waals surface area contributed by atoms with Crippen LogP contribution in [0.5, 0.6) is 0 Å². The van der Waals surface area contributed by atoms with E-state index in [0.29, 0.717) is 0 Å². The zero-order valence-corrected chi connectivity index (χ0v) is 15.6. The summed E-state index contributed by atoms with van der Waals surface area (Å²) in [4.78, 5) is 24.4. The number of hydrogen-bond donors (Lipinski definition) is 1. The van der Waals surface area contributed by atoms with Crippen molar-refractivity contribution in [1.82, 2.24) is 0 Å². The van der Waals surface area contributed by atoms with Crippen molar-refractivity contribution in [2.75, 3.05) is 5.32 Å². The summed E-state index contributed by atoms with van der Waals surface area (Å²) in [5.41, 5.74) is -0.750. The number of ether oxygens (including phenoxy) is 1. The number of nitrogens with one attached hydrogen (secondary N) is 1. The number of carbonyl (C=O) groups is 2. The van der Waals surface area contributed by atoms with E-state index in [9.17, 15) is 28.0 Å². The Morgan fingerprint density at radius 2 is 1.86 bits per heavy atom. The zero-order valence-electron chi connectivity index (χ0n) is 14.8. The highest BCUT2D eigenvalue weighted by Crippen LogP contribution is 2.29. The number of hydrogen-bond acceptors (Lipinski definition) is 5. The third kappa shape index (κ3) is 5.44. The molecule has 0 radical (unpaired) electrons. The van der Waals surface area contributed by atoms with Gasteiger partial charge in [-0.05, 0) is 49.1 Å². The van der Waals surface area contributed by atoms with Crippen LogP contribution >= 0.6 is 11.3 Å². The van der Waals surface area contributed by atoms with Gasteiger partial charge in [-0.1, -0.05) is 12.1 Å². The van der Waals surface area contributed by atoms with Crippen molar-refractivity contribution in [3.8, 4) is 6.07 Å². The fourth-order valence-electron chi connectivity index (χ4n) is 2.10. The Morgan fingerprint density at radius 3 is 2.39 bits per heavy atom. The molecular weight excluding hydrogens is 393 g/mol. The molecule has 0 spiro atoms. The summed E-state index contributed by atoms with van der Waals surface area (Å²) in [6.45, 7) is 3.37. The van der Waals surface area contributed by atoms with E-state index in [1.807, 2.05) is 0 Å². The predicted octanol–water partition coefficient (Wildman–Crippen LogP) is 4.88. The van der Waals surface area contributed by atoms with Gasteiger partial charge in [0, 0.05) is 0 Å². The molecule has 1 N–H and O–H groups in total. The van der Waals surface area contributed by atoms with Gasteiger partial charge in [0.25, 0.3) is 5.91 Å². The van der Waals surface area contributed by atoms with Crippen LogP contribution < -0.4 is 5.32 Å². The number of rotatable bonds is 5. The molecule has 1 amide bonds. The molecule has 9 heteroatoms. The van der Waals surface area contributed by atoms with Crippen LogP contribution in [0.2, 0.25) is 0 Å². The van der Waals surface area contributed by atoms with Crippen LogP contribution in [-0.2, 0) is 15.7 Å². The second kappa shape index (κ2) is 8.71.